The van der Waals surface area contributed by atoms with Crippen molar-refractivity contribution in [2.24, 2.45) is 16.6 Å². The van der Waals surface area contributed by atoms with E-state index < -0.39 is 5.60 Å². The van der Waals surface area contributed by atoms with E-state index in [1.165, 1.54) is 6.42 Å². The molecule has 0 aromatic rings. The van der Waals surface area contributed by atoms with Crippen LogP contribution in [0.15, 0.2) is 4.99 Å². The van der Waals surface area contributed by atoms with Gasteiger partial charge in [0.05, 0.1) is 12.1 Å². The molecule has 0 aromatic heterocycles. The molecule has 0 bridgehead atoms. The van der Waals surface area contributed by atoms with Crippen LogP contribution in [0.4, 0.5) is 4.79 Å². The number of amides is 1. The van der Waals surface area contributed by atoms with Crippen molar-refractivity contribution in [2.45, 2.75) is 57.8 Å². The van der Waals surface area contributed by atoms with Gasteiger partial charge in [-0.15, -0.1) is 0 Å². The zero-order chi connectivity index (χ0) is 17.3. The van der Waals surface area contributed by atoms with Gasteiger partial charge in [0, 0.05) is 38.7 Å². The van der Waals surface area contributed by atoms with E-state index >= 15 is 0 Å². The molecule has 3 aliphatic rings. The van der Waals surface area contributed by atoms with Crippen LogP contribution < -0.4 is 5.73 Å². The van der Waals surface area contributed by atoms with Gasteiger partial charge in [0.25, 0.3) is 0 Å². The predicted octanol–water partition coefficient (Wildman–Crippen LogP) is 1.42. The Labute approximate surface area is 144 Å². The molecular formula is C17H30N4O3. The van der Waals surface area contributed by atoms with E-state index in [9.17, 15) is 4.79 Å². The molecule has 0 radical (unpaired) electrons. The van der Waals surface area contributed by atoms with Crippen LogP contribution in [0.2, 0.25) is 0 Å². The van der Waals surface area contributed by atoms with E-state index in [0.717, 1.165) is 19.4 Å². The molecule has 0 spiro atoms. The largest absolute Gasteiger partial charge is 0.444 e. The molecule has 136 valence electrons. The molecule has 3 fully saturated rings. The SMILES string of the molecule is CC(C)(C)OC(=O)N1CCN(C(N)=N[C@@H]2C[C@H]3OCCC[C@H]23)CC1. The van der Waals surface area contributed by atoms with Crippen molar-refractivity contribution in [3.63, 3.8) is 0 Å². The third-order valence-corrected chi connectivity index (χ3v) is 5.01. The summed E-state index contributed by atoms with van der Waals surface area (Å²) in [4.78, 5) is 20.6. The predicted molar refractivity (Wildman–Crippen MR) is 91.9 cm³/mol. The second kappa shape index (κ2) is 6.78. The van der Waals surface area contributed by atoms with Crippen LogP contribution >= 0.6 is 0 Å². The summed E-state index contributed by atoms with van der Waals surface area (Å²) in [5.74, 6) is 1.15. The average Bonchev–Trinajstić information content (AvgIpc) is 2.51. The Kier molecular flexibility index (Phi) is 4.90. The highest BCUT2D eigenvalue weighted by Crippen LogP contribution is 2.39. The molecule has 2 N–H and O–H groups in total. The Morgan fingerprint density at radius 2 is 1.88 bits per heavy atom. The molecule has 24 heavy (non-hydrogen) atoms. The Balaban J connectivity index is 1.47. The van der Waals surface area contributed by atoms with E-state index in [-0.39, 0.29) is 6.09 Å². The van der Waals surface area contributed by atoms with Crippen LogP contribution in [0.25, 0.3) is 0 Å². The first-order chi connectivity index (χ1) is 11.3. The summed E-state index contributed by atoms with van der Waals surface area (Å²) in [6.07, 6.45) is 3.45. The van der Waals surface area contributed by atoms with Crippen molar-refractivity contribution < 1.29 is 14.3 Å². The van der Waals surface area contributed by atoms with Crippen molar-refractivity contribution >= 4 is 12.1 Å². The number of rotatable bonds is 1. The minimum atomic E-state index is -0.461. The Morgan fingerprint density at radius 1 is 1.21 bits per heavy atom. The molecule has 1 saturated carbocycles. The zero-order valence-electron chi connectivity index (χ0n) is 15.0. The van der Waals surface area contributed by atoms with Gasteiger partial charge < -0.3 is 25.0 Å². The fourth-order valence-electron chi connectivity index (χ4n) is 3.61. The number of carbonyl (C=O) groups is 1. The summed E-state index contributed by atoms with van der Waals surface area (Å²) >= 11 is 0. The molecule has 7 nitrogen and oxygen atoms in total. The molecule has 3 rings (SSSR count). The smallest absolute Gasteiger partial charge is 0.410 e. The summed E-state index contributed by atoms with van der Waals surface area (Å²) in [6, 6.07) is 0.305. The van der Waals surface area contributed by atoms with E-state index in [0.29, 0.717) is 50.2 Å². The molecule has 1 amide bonds. The monoisotopic (exact) mass is 338 g/mol. The molecule has 3 atom stereocenters. The summed E-state index contributed by atoms with van der Waals surface area (Å²) in [5.41, 5.74) is 5.74. The first-order valence-electron chi connectivity index (χ1n) is 9.01. The Hall–Kier alpha value is -1.50. The third-order valence-electron chi connectivity index (χ3n) is 5.01. The fourth-order valence-corrected chi connectivity index (χ4v) is 3.61. The standard InChI is InChI=1S/C17H30N4O3/c1-17(2,3)24-16(22)21-8-6-20(7-9-21)15(18)19-13-11-14-12(13)5-4-10-23-14/h12-14H,4-11H2,1-3H3,(H2,18,19)/t12-,13-,14-/m1/s1. The fraction of sp³-hybridized carbons (Fsp3) is 0.882. The number of hydrogen-bond acceptors (Lipinski definition) is 4. The van der Waals surface area contributed by atoms with Gasteiger partial charge in [-0.2, -0.15) is 0 Å². The number of piperazine rings is 1. The van der Waals surface area contributed by atoms with Crippen LogP contribution in [0.3, 0.4) is 0 Å². The van der Waals surface area contributed by atoms with Crippen molar-refractivity contribution in [2.75, 3.05) is 32.8 Å². The first kappa shape index (κ1) is 17.3. The molecule has 2 aliphatic heterocycles. The van der Waals surface area contributed by atoms with Crippen LogP contribution in [0, 0.1) is 5.92 Å². The summed E-state index contributed by atoms with van der Waals surface area (Å²) < 4.78 is 11.1. The van der Waals surface area contributed by atoms with Gasteiger partial charge in [-0.25, -0.2) is 9.79 Å². The van der Waals surface area contributed by atoms with Gasteiger partial charge >= 0.3 is 6.09 Å². The second-order valence-electron chi connectivity index (χ2n) is 7.96. The normalized spacial score (nSPS) is 31.3. The molecule has 1 aliphatic carbocycles. The first-order valence-corrected chi connectivity index (χ1v) is 9.01. The van der Waals surface area contributed by atoms with Crippen molar-refractivity contribution in [3.05, 3.63) is 0 Å². The molecule has 0 unspecified atom stereocenters. The number of fused-ring (bicyclic) bond motifs is 1. The van der Waals surface area contributed by atoms with Gasteiger partial charge in [0.2, 0.25) is 0 Å². The number of guanidine groups is 1. The number of hydrogen-bond donors (Lipinski definition) is 1. The van der Waals surface area contributed by atoms with E-state index in [1.54, 1.807) is 4.90 Å². The maximum Gasteiger partial charge on any atom is 0.410 e. The topological polar surface area (TPSA) is 80.4 Å². The van der Waals surface area contributed by atoms with E-state index in [4.69, 9.17) is 20.2 Å². The lowest BCUT2D eigenvalue weighted by atomic mass is 9.73. The van der Waals surface area contributed by atoms with Gasteiger partial charge in [0.1, 0.15) is 5.60 Å². The van der Waals surface area contributed by atoms with Crippen LogP contribution in [0.5, 0.6) is 0 Å². The van der Waals surface area contributed by atoms with Crippen LogP contribution in [-0.2, 0) is 9.47 Å². The van der Waals surface area contributed by atoms with E-state index in [1.807, 2.05) is 20.8 Å². The highest BCUT2D eigenvalue weighted by Gasteiger charge is 2.43. The summed E-state index contributed by atoms with van der Waals surface area (Å²) in [5, 5.41) is 0. The number of carbonyl (C=O) groups excluding carboxylic acids is 1. The third kappa shape index (κ3) is 3.94. The van der Waals surface area contributed by atoms with Crippen LogP contribution in [0.1, 0.15) is 40.0 Å². The highest BCUT2D eigenvalue weighted by atomic mass is 16.6. The average molecular weight is 338 g/mol. The molecule has 2 saturated heterocycles. The molecule has 0 aromatic carbocycles. The van der Waals surface area contributed by atoms with Crippen LogP contribution in [-0.4, -0.2) is 72.4 Å². The highest BCUT2D eigenvalue weighted by molar-refractivity contribution is 5.79. The van der Waals surface area contributed by atoms with Crippen molar-refractivity contribution in [3.8, 4) is 0 Å². The maximum absolute atomic E-state index is 12.1. The lowest BCUT2D eigenvalue weighted by molar-refractivity contribution is -0.0940. The second-order valence-corrected chi connectivity index (χ2v) is 7.96. The van der Waals surface area contributed by atoms with Crippen molar-refractivity contribution in [1.82, 2.24) is 9.80 Å². The number of nitrogens with zero attached hydrogens (tertiary/aromatic N) is 3. The zero-order valence-corrected chi connectivity index (χ0v) is 15.0. The van der Waals surface area contributed by atoms with Gasteiger partial charge in [-0.05, 0) is 40.0 Å². The number of ether oxygens (including phenoxy) is 2. The summed E-state index contributed by atoms with van der Waals surface area (Å²) in [6.45, 7) is 9.17. The summed E-state index contributed by atoms with van der Waals surface area (Å²) in [7, 11) is 0. The van der Waals surface area contributed by atoms with Crippen molar-refractivity contribution in [1.29, 1.82) is 0 Å². The quantitative estimate of drug-likeness (QED) is 0.578. The Bertz CT molecular complexity index is 495. The maximum atomic E-state index is 12.1. The molecule has 7 heteroatoms. The van der Waals surface area contributed by atoms with Gasteiger partial charge in [-0.1, -0.05) is 0 Å². The molecular weight excluding hydrogens is 308 g/mol. The lowest BCUT2D eigenvalue weighted by Crippen LogP contribution is -2.55. The minimum absolute atomic E-state index is 0.251. The van der Waals surface area contributed by atoms with E-state index in [2.05, 4.69) is 4.90 Å². The molecule has 2 heterocycles. The number of aliphatic imine (C=N–C) groups is 1. The lowest BCUT2D eigenvalue weighted by Gasteiger charge is -2.46. The minimum Gasteiger partial charge on any atom is -0.444 e. The Morgan fingerprint density at radius 3 is 2.50 bits per heavy atom. The number of nitrogens with two attached hydrogens (primary N) is 1. The van der Waals surface area contributed by atoms with Gasteiger partial charge in [-0.3, -0.25) is 0 Å². The van der Waals surface area contributed by atoms with Gasteiger partial charge in [0.15, 0.2) is 5.96 Å².